The molecule has 0 spiro atoms. The quantitative estimate of drug-likeness (QED) is 0.786. The molecule has 116 valence electrons. The predicted octanol–water partition coefficient (Wildman–Crippen LogP) is 2.70. The highest BCUT2D eigenvalue weighted by Crippen LogP contribution is 2.54. The maximum Gasteiger partial charge on any atom is 0.470 e. The zero-order chi connectivity index (χ0) is 15.7. The Bertz CT molecular complexity index is 540. The predicted molar refractivity (Wildman–Crippen MR) is 82.0 cm³/mol. The van der Waals surface area contributed by atoms with E-state index in [-0.39, 0.29) is 29.2 Å². The van der Waals surface area contributed by atoms with Gasteiger partial charge in [0.05, 0.1) is 27.7 Å². The minimum atomic E-state index is -0.298. The molecule has 5 nitrogen and oxygen atoms in total. The van der Waals surface area contributed by atoms with Crippen LogP contribution in [0, 0.1) is 0 Å². The van der Waals surface area contributed by atoms with E-state index in [0.717, 1.165) is 18.5 Å². The highest BCUT2D eigenvalue weighted by molar-refractivity contribution is 6.51. The van der Waals surface area contributed by atoms with Gasteiger partial charge in [0.1, 0.15) is 0 Å². The van der Waals surface area contributed by atoms with Crippen LogP contribution in [0.3, 0.4) is 0 Å². The van der Waals surface area contributed by atoms with Gasteiger partial charge in [-0.1, -0.05) is 5.21 Å². The van der Waals surface area contributed by atoms with Crippen LogP contribution in [0.15, 0.2) is 6.20 Å². The van der Waals surface area contributed by atoms with Crippen LogP contribution in [0.4, 0.5) is 0 Å². The highest BCUT2D eigenvalue weighted by atomic mass is 16.7. The van der Waals surface area contributed by atoms with Gasteiger partial charge in [-0.3, -0.25) is 0 Å². The molecule has 0 atom stereocenters. The Morgan fingerprint density at radius 1 is 1.10 bits per heavy atom. The van der Waals surface area contributed by atoms with Crippen molar-refractivity contribution in [2.24, 2.45) is 0 Å². The van der Waals surface area contributed by atoms with Crippen LogP contribution in [-0.2, 0) is 20.2 Å². The first-order chi connectivity index (χ1) is 9.48. The summed E-state index contributed by atoms with van der Waals surface area (Å²) in [4.78, 5) is 0. The van der Waals surface area contributed by atoms with E-state index in [1.165, 1.54) is 0 Å². The topological polar surface area (TPSA) is 49.2 Å². The van der Waals surface area contributed by atoms with E-state index >= 15 is 0 Å². The summed E-state index contributed by atoms with van der Waals surface area (Å²) in [5.74, 6) is 0. The van der Waals surface area contributed by atoms with Crippen LogP contribution < -0.4 is 0 Å². The minimum absolute atomic E-state index is 0.0583. The summed E-state index contributed by atoms with van der Waals surface area (Å²) >= 11 is 0. The molecule has 2 aliphatic rings. The Morgan fingerprint density at radius 2 is 1.62 bits per heavy atom. The molecule has 0 bridgehead atoms. The van der Waals surface area contributed by atoms with E-state index < -0.39 is 0 Å². The molecule has 1 aromatic heterocycles. The molecule has 0 radical (unpaired) electrons. The van der Waals surface area contributed by atoms with Gasteiger partial charge in [0.2, 0.25) is 0 Å². The van der Waals surface area contributed by atoms with Crippen molar-refractivity contribution in [3.05, 3.63) is 11.9 Å². The molecule has 1 aromatic rings. The number of nitrogens with zero attached hydrogens (tertiary/aromatic N) is 3. The second-order valence-electron chi connectivity index (χ2n) is 8.46. The van der Waals surface area contributed by atoms with Crippen LogP contribution in [0.2, 0.25) is 0 Å². The molecular formula is C15H26BN3O2. The fourth-order valence-electron chi connectivity index (χ4n) is 2.64. The van der Waals surface area contributed by atoms with Crippen LogP contribution in [0.1, 0.15) is 67.0 Å². The van der Waals surface area contributed by atoms with E-state index in [2.05, 4.69) is 65.0 Å². The lowest BCUT2D eigenvalue weighted by Gasteiger charge is -2.32. The Balaban J connectivity index is 1.88. The number of rotatable bonds is 2. The van der Waals surface area contributed by atoms with Crippen LogP contribution in [0.25, 0.3) is 0 Å². The largest absolute Gasteiger partial charge is 0.470 e. The van der Waals surface area contributed by atoms with E-state index in [4.69, 9.17) is 9.31 Å². The lowest BCUT2D eigenvalue weighted by molar-refractivity contribution is 0.00578. The molecule has 21 heavy (non-hydrogen) atoms. The molecule has 1 aliphatic carbocycles. The van der Waals surface area contributed by atoms with Crippen molar-refractivity contribution in [1.82, 2.24) is 15.0 Å². The molecule has 1 aliphatic heterocycles. The SMILES string of the molecule is CC(C)(C)n1cc(C2(B3OC(C)(C)C(C)(C)O3)CC2)nn1. The first kappa shape index (κ1) is 15.0. The van der Waals surface area contributed by atoms with E-state index in [9.17, 15) is 0 Å². The second-order valence-corrected chi connectivity index (χ2v) is 8.46. The average molecular weight is 291 g/mol. The Kier molecular flexibility index (Phi) is 2.94. The fourth-order valence-corrected chi connectivity index (χ4v) is 2.64. The van der Waals surface area contributed by atoms with E-state index in [1.54, 1.807) is 0 Å². The Morgan fingerprint density at radius 3 is 2.00 bits per heavy atom. The third-order valence-corrected chi connectivity index (χ3v) is 5.18. The van der Waals surface area contributed by atoms with Crippen molar-refractivity contribution in [2.45, 2.75) is 83.4 Å². The number of aromatic nitrogens is 3. The van der Waals surface area contributed by atoms with Crippen molar-refractivity contribution in [3.63, 3.8) is 0 Å². The average Bonchev–Trinajstić information content (AvgIpc) is 2.88. The van der Waals surface area contributed by atoms with Gasteiger partial charge in [0, 0.05) is 6.20 Å². The van der Waals surface area contributed by atoms with Crippen molar-refractivity contribution in [3.8, 4) is 0 Å². The second kappa shape index (κ2) is 4.10. The molecular weight excluding hydrogens is 265 g/mol. The number of hydrogen-bond acceptors (Lipinski definition) is 4. The van der Waals surface area contributed by atoms with Gasteiger partial charge >= 0.3 is 7.12 Å². The van der Waals surface area contributed by atoms with Crippen molar-refractivity contribution in [1.29, 1.82) is 0 Å². The third-order valence-electron chi connectivity index (χ3n) is 5.18. The summed E-state index contributed by atoms with van der Waals surface area (Å²) in [6.45, 7) is 14.7. The lowest BCUT2D eigenvalue weighted by Crippen LogP contribution is -2.41. The third kappa shape index (κ3) is 2.23. The van der Waals surface area contributed by atoms with Gasteiger partial charge in [-0.25, -0.2) is 4.68 Å². The summed E-state index contributed by atoms with van der Waals surface area (Å²) in [5, 5.41) is 8.59. The molecule has 6 heteroatoms. The van der Waals surface area contributed by atoms with Gasteiger partial charge in [0.25, 0.3) is 0 Å². The molecule has 0 amide bonds. The summed E-state index contributed by atoms with van der Waals surface area (Å²) in [6.07, 6.45) is 4.15. The molecule has 2 heterocycles. The molecule has 1 saturated heterocycles. The zero-order valence-corrected chi connectivity index (χ0v) is 14.2. The molecule has 2 fully saturated rings. The maximum absolute atomic E-state index is 6.24. The van der Waals surface area contributed by atoms with E-state index in [0.29, 0.717) is 0 Å². The molecule has 3 rings (SSSR count). The summed E-state index contributed by atoms with van der Waals surface area (Å²) < 4.78 is 14.4. The summed E-state index contributed by atoms with van der Waals surface area (Å²) in [7, 11) is -0.229. The Hall–Kier alpha value is -0.875. The first-order valence-corrected chi connectivity index (χ1v) is 7.77. The van der Waals surface area contributed by atoms with Crippen molar-refractivity contribution < 1.29 is 9.31 Å². The van der Waals surface area contributed by atoms with Gasteiger partial charge < -0.3 is 9.31 Å². The minimum Gasteiger partial charge on any atom is -0.403 e. The van der Waals surface area contributed by atoms with Crippen LogP contribution in [0.5, 0.6) is 0 Å². The zero-order valence-electron chi connectivity index (χ0n) is 14.2. The maximum atomic E-state index is 6.24. The van der Waals surface area contributed by atoms with Crippen molar-refractivity contribution >= 4 is 7.12 Å². The summed E-state index contributed by atoms with van der Waals surface area (Å²) in [5.41, 5.74) is 0.341. The normalized spacial score (nSPS) is 26.1. The highest BCUT2D eigenvalue weighted by Gasteiger charge is 2.66. The van der Waals surface area contributed by atoms with Gasteiger partial charge in [-0.05, 0) is 61.3 Å². The molecule has 0 aromatic carbocycles. The van der Waals surface area contributed by atoms with Crippen LogP contribution in [-0.4, -0.2) is 33.3 Å². The van der Waals surface area contributed by atoms with Crippen LogP contribution >= 0.6 is 0 Å². The first-order valence-electron chi connectivity index (χ1n) is 7.77. The van der Waals surface area contributed by atoms with E-state index in [1.807, 2.05) is 4.68 Å². The summed E-state index contributed by atoms with van der Waals surface area (Å²) in [6, 6.07) is 0. The molecule has 0 unspecified atom stereocenters. The lowest BCUT2D eigenvalue weighted by atomic mass is 9.66. The molecule has 1 saturated carbocycles. The fraction of sp³-hybridized carbons (Fsp3) is 0.867. The van der Waals surface area contributed by atoms with Crippen molar-refractivity contribution in [2.75, 3.05) is 0 Å². The smallest absolute Gasteiger partial charge is 0.403 e. The van der Waals surface area contributed by atoms with Gasteiger partial charge in [-0.15, -0.1) is 5.10 Å². The Labute approximate surface area is 127 Å². The van der Waals surface area contributed by atoms with Gasteiger partial charge in [0.15, 0.2) is 0 Å². The monoisotopic (exact) mass is 291 g/mol. The molecule has 0 N–H and O–H groups in total. The number of hydrogen-bond donors (Lipinski definition) is 0. The standard InChI is InChI=1S/C15H26BN3O2/c1-12(2,3)19-10-11(17-18-19)15(8-9-15)16-20-13(4,5)14(6,7)21-16/h10H,8-9H2,1-7H3. The van der Waals surface area contributed by atoms with Gasteiger partial charge in [-0.2, -0.15) is 0 Å².